The molecule has 2 heteroatoms. The van der Waals surface area contributed by atoms with Crippen LogP contribution in [0.2, 0.25) is 0 Å². The van der Waals surface area contributed by atoms with Crippen LogP contribution in [0.5, 0.6) is 0 Å². The predicted molar refractivity (Wildman–Crippen MR) is 65.4 cm³/mol. The zero-order chi connectivity index (χ0) is 9.78. The topological polar surface area (TPSA) is 0 Å². The smallest absolute Gasteiger partial charge is 0 e. The second-order valence-corrected chi connectivity index (χ2v) is 4.21. The van der Waals surface area contributed by atoms with E-state index in [4.69, 9.17) is 0 Å². The molecule has 1 radical (unpaired) electrons. The van der Waals surface area contributed by atoms with Crippen LogP contribution in [-0.4, -0.2) is 5.75 Å². The minimum atomic E-state index is 0. The Labute approximate surface area is 127 Å². The Morgan fingerprint density at radius 1 is 0.643 bits per heavy atom. The average molecular weight is 360 g/mol. The molecule has 0 rings (SSSR count). The maximum atomic E-state index is 4.20. The predicted octanol–water partition coefficient (Wildman–Crippen LogP) is 4.65. The van der Waals surface area contributed by atoms with E-state index in [9.17, 15) is 0 Å². The van der Waals surface area contributed by atoms with Crippen LogP contribution in [0.3, 0.4) is 0 Å². The standard InChI is InChI=1S/C12H25S.Tb/c1-2-3-4-5-6-7-8-9-10-11-12-13;/h13H,1-12H2;/q-1;. The van der Waals surface area contributed by atoms with Gasteiger partial charge in [-0.25, -0.2) is 0 Å². The molecular formula is C12H25STb-. The molecule has 0 bridgehead atoms. The fourth-order valence-corrected chi connectivity index (χ4v) is 1.75. The minimum absolute atomic E-state index is 0. The summed E-state index contributed by atoms with van der Waals surface area (Å²) in [5, 5.41) is 0. The summed E-state index contributed by atoms with van der Waals surface area (Å²) in [6, 6.07) is 0. The van der Waals surface area contributed by atoms with Gasteiger partial charge in [0.05, 0.1) is 0 Å². The first-order valence-corrected chi connectivity index (χ1v) is 6.45. The van der Waals surface area contributed by atoms with Crippen molar-refractivity contribution in [2.45, 2.75) is 64.2 Å². The molecule has 0 aliphatic carbocycles. The summed E-state index contributed by atoms with van der Waals surface area (Å²) in [5.74, 6) is 1.06. The van der Waals surface area contributed by atoms with Gasteiger partial charge in [0.1, 0.15) is 0 Å². The molecule has 0 aromatic rings. The van der Waals surface area contributed by atoms with Crippen molar-refractivity contribution in [2.75, 3.05) is 5.75 Å². The maximum Gasteiger partial charge on any atom is 0 e. The zero-order valence-electron chi connectivity index (χ0n) is 9.27. The van der Waals surface area contributed by atoms with E-state index in [1.54, 1.807) is 0 Å². The summed E-state index contributed by atoms with van der Waals surface area (Å²) in [5.41, 5.74) is 0. The third kappa shape index (κ3) is 16.1. The van der Waals surface area contributed by atoms with E-state index in [2.05, 4.69) is 19.6 Å². The van der Waals surface area contributed by atoms with Crippen molar-refractivity contribution in [3.63, 3.8) is 0 Å². The van der Waals surface area contributed by atoms with Gasteiger partial charge in [0.15, 0.2) is 0 Å². The molecule has 0 nitrogen and oxygen atoms in total. The summed E-state index contributed by atoms with van der Waals surface area (Å²) in [6.45, 7) is 3.85. The quantitative estimate of drug-likeness (QED) is 0.327. The van der Waals surface area contributed by atoms with E-state index in [1.165, 1.54) is 57.8 Å². The van der Waals surface area contributed by atoms with Crippen molar-refractivity contribution in [1.29, 1.82) is 0 Å². The molecule has 0 aromatic heterocycles. The number of unbranched alkanes of at least 4 members (excludes halogenated alkanes) is 9. The van der Waals surface area contributed by atoms with Gasteiger partial charge in [0.2, 0.25) is 0 Å². The molecule has 0 N–H and O–H groups in total. The van der Waals surface area contributed by atoms with Crippen LogP contribution in [0, 0.1) is 45.5 Å². The molecule has 0 aliphatic rings. The molecule has 0 fully saturated rings. The van der Waals surface area contributed by atoms with Crippen molar-refractivity contribution in [3.8, 4) is 0 Å². The van der Waals surface area contributed by atoms with Crippen LogP contribution in [0.1, 0.15) is 64.2 Å². The van der Waals surface area contributed by atoms with E-state index in [0.717, 1.165) is 12.2 Å². The fraction of sp³-hybridized carbons (Fsp3) is 0.917. The molecule has 0 aromatic carbocycles. The van der Waals surface area contributed by atoms with Crippen molar-refractivity contribution < 1.29 is 38.6 Å². The van der Waals surface area contributed by atoms with Crippen LogP contribution in [0.15, 0.2) is 0 Å². The molecular weight excluding hydrogens is 335 g/mol. The van der Waals surface area contributed by atoms with Gasteiger partial charge in [-0.15, -0.1) is 0 Å². The molecule has 0 heterocycles. The Morgan fingerprint density at radius 3 is 1.36 bits per heavy atom. The summed E-state index contributed by atoms with van der Waals surface area (Å²) in [7, 11) is 0. The second kappa shape index (κ2) is 17.0. The van der Waals surface area contributed by atoms with Crippen LogP contribution in [0.25, 0.3) is 0 Å². The first-order valence-electron chi connectivity index (χ1n) is 5.82. The van der Waals surface area contributed by atoms with Crippen LogP contribution >= 0.6 is 12.6 Å². The van der Waals surface area contributed by atoms with Crippen molar-refractivity contribution >= 4 is 12.6 Å². The molecule has 0 spiro atoms. The molecule has 0 amide bonds. The van der Waals surface area contributed by atoms with Gasteiger partial charge in [-0.1, -0.05) is 51.4 Å². The van der Waals surface area contributed by atoms with E-state index in [-0.39, 0.29) is 38.6 Å². The Bertz CT molecular complexity index is 76.4. The van der Waals surface area contributed by atoms with Crippen LogP contribution < -0.4 is 0 Å². The van der Waals surface area contributed by atoms with Gasteiger partial charge < -0.3 is 6.92 Å². The maximum absolute atomic E-state index is 4.20. The van der Waals surface area contributed by atoms with Crippen LogP contribution in [-0.2, 0) is 0 Å². The number of hydrogen-bond donors (Lipinski definition) is 1. The number of thiol groups is 1. The van der Waals surface area contributed by atoms with Gasteiger partial charge in [-0.3, -0.25) is 0 Å². The number of hydrogen-bond acceptors (Lipinski definition) is 1. The average Bonchev–Trinajstić information content (AvgIpc) is 2.16. The molecule has 0 saturated carbocycles. The normalized spacial score (nSPS) is 9.86. The summed E-state index contributed by atoms with van der Waals surface area (Å²) < 4.78 is 0. The monoisotopic (exact) mass is 360 g/mol. The second-order valence-electron chi connectivity index (χ2n) is 3.76. The first-order chi connectivity index (χ1) is 6.41. The van der Waals surface area contributed by atoms with Crippen LogP contribution in [0.4, 0.5) is 0 Å². The largest absolute Gasteiger partial charge is 0.343 e. The number of rotatable bonds is 10. The Hall–Kier alpha value is 1.64. The fourth-order valence-electron chi connectivity index (χ4n) is 1.53. The van der Waals surface area contributed by atoms with E-state index in [1.807, 2.05) is 0 Å². The Morgan fingerprint density at radius 2 is 1.00 bits per heavy atom. The molecule has 0 unspecified atom stereocenters. The zero-order valence-corrected chi connectivity index (χ0v) is 12.3. The summed E-state index contributed by atoms with van der Waals surface area (Å²) >= 11 is 4.20. The molecule has 89 valence electrons. The first kappa shape index (κ1) is 18.0. The van der Waals surface area contributed by atoms with Gasteiger partial charge in [0.25, 0.3) is 0 Å². The molecule has 0 atom stereocenters. The minimum Gasteiger partial charge on any atom is -0.343 e. The van der Waals surface area contributed by atoms with Gasteiger partial charge in [-0.2, -0.15) is 19.0 Å². The summed E-state index contributed by atoms with van der Waals surface area (Å²) in [4.78, 5) is 0. The van der Waals surface area contributed by atoms with E-state index >= 15 is 0 Å². The third-order valence-corrected chi connectivity index (χ3v) is 2.72. The third-order valence-electron chi connectivity index (χ3n) is 2.41. The van der Waals surface area contributed by atoms with Crippen molar-refractivity contribution in [2.24, 2.45) is 0 Å². The van der Waals surface area contributed by atoms with Gasteiger partial charge in [-0.05, 0) is 12.2 Å². The summed E-state index contributed by atoms with van der Waals surface area (Å²) in [6.07, 6.45) is 13.6. The van der Waals surface area contributed by atoms with Gasteiger partial charge in [0, 0.05) is 38.6 Å². The Balaban J connectivity index is 0. The van der Waals surface area contributed by atoms with Crippen molar-refractivity contribution in [3.05, 3.63) is 6.92 Å². The van der Waals surface area contributed by atoms with Crippen molar-refractivity contribution in [1.82, 2.24) is 0 Å². The molecule has 14 heavy (non-hydrogen) atoms. The SMILES string of the molecule is [CH2-]CCCCCCCCCCCS.[Tb]. The Kier molecular flexibility index (Phi) is 21.9. The molecule has 0 saturated heterocycles. The van der Waals surface area contributed by atoms with Gasteiger partial charge >= 0.3 is 0 Å². The van der Waals surface area contributed by atoms with E-state index < -0.39 is 0 Å². The molecule has 0 aliphatic heterocycles. The van der Waals surface area contributed by atoms with E-state index in [0.29, 0.717) is 0 Å².